The molecule has 0 aliphatic heterocycles. The van der Waals surface area contributed by atoms with Crippen LogP contribution >= 0.6 is 0 Å². The van der Waals surface area contributed by atoms with E-state index < -0.39 is 0 Å². The second kappa shape index (κ2) is 6.43. The van der Waals surface area contributed by atoms with Crippen LogP contribution in [-0.2, 0) is 4.79 Å². The van der Waals surface area contributed by atoms with E-state index in [1.807, 2.05) is 26.0 Å². The largest absolute Gasteiger partial charge is 0.349 e. The van der Waals surface area contributed by atoms with Crippen molar-refractivity contribution in [3.63, 3.8) is 0 Å². The maximum absolute atomic E-state index is 11.9. The molecule has 2 unspecified atom stereocenters. The minimum atomic E-state index is 0.0861. The molecule has 1 N–H and O–H groups in total. The third-order valence-electron chi connectivity index (χ3n) is 3.18. The summed E-state index contributed by atoms with van der Waals surface area (Å²) in [6.45, 7) is 8.21. The van der Waals surface area contributed by atoms with Gasteiger partial charge in [0.05, 0.1) is 6.04 Å². The fraction of sp³-hybridized carbons (Fsp3) is 0.533. The third-order valence-corrected chi connectivity index (χ3v) is 3.18. The summed E-state index contributed by atoms with van der Waals surface area (Å²) in [7, 11) is 0. The maximum atomic E-state index is 11.9. The molecular formula is C15H23NO. The van der Waals surface area contributed by atoms with Gasteiger partial charge in [-0.1, -0.05) is 44.5 Å². The molecule has 94 valence electrons. The summed E-state index contributed by atoms with van der Waals surface area (Å²) in [5, 5.41) is 3.08. The zero-order valence-corrected chi connectivity index (χ0v) is 11.3. The summed E-state index contributed by atoms with van der Waals surface area (Å²) in [5.41, 5.74) is 2.42. The van der Waals surface area contributed by atoms with Gasteiger partial charge in [0.15, 0.2) is 0 Å². The van der Waals surface area contributed by atoms with Crippen LogP contribution in [0.3, 0.4) is 0 Å². The van der Waals surface area contributed by atoms with Gasteiger partial charge in [-0.25, -0.2) is 0 Å². The molecule has 0 aliphatic carbocycles. The van der Waals surface area contributed by atoms with Crippen molar-refractivity contribution in [2.24, 2.45) is 5.92 Å². The van der Waals surface area contributed by atoms with E-state index in [2.05, 4.69) is 31.3 Å². The average Bonchev–Trinajstić information content (AvgIpc) is 2.29. The Morgan fingerprint density at radius 1 is 1.29 bits per heavy atom. The van der Waals surface area contributed by atoms with Gasteiger partial charge in [0.2, 0.25) is 5.91 Å². The number of hydrogen-bond acceptors (Lipinski definition) is 1. The van der Waals surface area contributed by atoms with Crippen molar-refractivity contribution < 1.29 is 4.79 Å². The van der Waals surface area contributed by atoms with E-state index in [1.54, 1.807) is 0 Å². The smallest absolute Gasteiger partial charge is 0.223 e. The fourth-order valence-electron chi connectivity index (χ4n) is 2.07. The highest BCUT2D eigenvalue weighted by atomic mass is 16.1. The van der Waals surface area contributed by atoms with Crippen LogP contribution in [0.25, 0.3) is 0 Å². The van der Waals surface area contributed by atoms with Gasteiger partial charge >= 0.3 is 0 Å². The molecule has 0 spiro atoms. The number of carbonyl (C=O) groups is 1. The van der Waals surface area contributed by atoms with Crippen LogP contribution in [0, 0.1) is 12.8 Å². The predicted octanol–water partition coefficient (Wildman–Crippen LogP) is 3.61. The molecule has 0 bridgehead atoms. The first-order valence-electron chi connectivity index (χ1n) is 6.42. The quantitative estimate of drug-likeness (QED) is 0.827. The minimum Gasteiger partial charge on any atom is -0.349 e. The zero-order chi connectivity index (χ0) is 12.8. The lowest BCUT2D eigenvalue weighted by Gasteiger charge is -2.19. The lowest BCUT2D eigenvalue weighted by atomic mass is 10.0. The number of nitrogens with one attached hydrogen (secondary N) is 1. The van der Waals surface area contributed by atoms with E-state index in [0.29, 0.717) is 0 Å². The fourth-order valence-corrected chi connectivity index (χ4v) is 2.07. The first-order chi connectivity index (χ1) is 8.06. The molecule has 0 saturated heterocycles. The highest BCUT2D eigenvalue weighted by Crippen LogP contribution is 2.17. The van der Waals surface area contributed by atoms with Crippen molar-refractivity contribution in [1.29, 1.82) is 0 Å². The molecule has 2 atom stereocenters. The molecule has 0 radical (unpaired) electrons. The number of amides is 1. The molecular weight excluding hydrogens is 210 g/mol. The van der Waals surface area contributed by atoms with Crippen LogP contribution in [0.2, 0.25) is 0 Å². The Balaban J connectivity index is 2.63. The van der Waals surface area contributed by atoms with Gasteiger partial charge < -0.3 is 5.32 Å². The van der Waals surface area contributed by atoms with Crippen LogP contribution in [0.5, 0.6) is 0 Å². The first kappa shape index (κ1) is 13.8. The summed E-state index contributed by atoms with van der Waals surface area (Å²) < 4.78 is 0. The molecule has 0 heterocycles. The highest BCUT2D eigenvalue weighted by Gasteiger charge is 2.15. The molecule has 1 aromatic rings. The van der Waals surface area contributed by atoms with Crippen molar-refractivity contribution in [2.45, 2.75) is 46.6 Å². The number of aryl methyl sites for hydroxylation is 1. The van der Waals surface area contributed by atoms with Crippen LogP contribution < -0.4 is 5.32 Å². The van der Waals surface area contributed by atoms with Gasteiger partial charge in [0, 0.05) is 5.92 Å². The Hall–Kier alpha value is -1.31. The van der Waals surface area contributed by atoms with Gasteiger partial charge in [-0.2, -0.15) is 0 Å². The second-order valence-corrected chi connectivity index (χ2v) is 4.78. The Labute approximate surface area is 104 Å². The van der Waals surface area contributed by atoms with Crippen molar-refractivity contribution in [3.8, 4) is 0 Å². The van der Waals surface area contributed by atoms with E-state index in [1.165, 1.54) is 11.1 Å². The van der Waals surface area contributed by atoms with Gasteiger partial charge in [-0.3, -0.25) is 4.79 Å². The molecule has 2 nitrogen and oxygen atoms in total. The van der Waals surface area contributed by atoms with E-state index >= 15 is 0 Å². The Morgan fingerprint density at radius 2 is 1.94 bits per heavy atom. The van der Waals surface area contributed by atoms with Gasteiger partial charge in [0.1, 0.15) is 0 Å². The van der Waals surface area contributed by atoms with E-state index in [0.717, 1.165) is 12.8 Å². The molecule has 0 aromatic heterocycles. The molecule has 1 aromatic carbocycles. The molecule has 1 rings (SSSR count). The summed E-state index contributed by atoms with van der Waals surface area (Å²) in [5.74, 6) is 0.258. The highest BCUT2D eigenvalue weighted by molar-refractivity contribution is 5.78. The van der Waals surface area contributed by atoms with Gasteiger partial charge in [0.25, 0.3) is 0 Å². The predicted molar refractivity (Wildman–Crippen MR) is 71.8 cm³/mol. The van der Waals surface area contributed by atoms with E-state index in [4.69, 9.17) is 0 Å². The number of benzene rings is 1. The van der Waals surface area contributed by atoms with Crippen molar-refractivity contribution in [3.05, 3.63) is 35.4 Å². The van der Waals surface area contributed by atoms with Crippen molar-refractivity contribution >= 4 is 5.91 Å². The van der Waals surface area contributed by atoms with E-state index in [9.17, 15) is 4.79 Å². The van der Waals surface area contributed by atoms with Crippen LogP contribution in [0.1, 0.15) is 50.8 Å². The SMILES string of the molecule is CCCC(C)C(=O)NC(C)c1ccccc1C. The Bertz CT molecular complexity index is 373. The monoisotopic (exact) mass is 233 g/mol. The first-order valence-corrected chi connectivity index (χ1v) is 6.42. The third kappa shape index (κ3) is 3.88. The van der Waals surface area contributed by atoms with Crippen LogP contribution in [0.4, 0.5) is 0 Å². The van der Waals surface area contributed by atoms with Gasteiger partial charge in [-0.05, 0) is 31.4 Å². The van der Waals surface area contributed by atoms with E-state index in [-0.39, 0.29) is 17.9 Å². The summed E-state index contributed by atoms with van der Waals surface area (Å²) in [6.07, 6.45) is 2.00. The standard InChI is InChI=1S/C15H23NO/c1-5-8-12(3)15(17)16-13(4)14-10-7-6-9-11(14)2/h6-7,9-10,12-13H,5,8H2,1-4H3,(H,16,17). The number of rotatable bonds is 5. The lowest BCUT2D eigenvalue weighted by Crippen LogP contribution is -2.31. The van der Waals surface area contributed by atoms with Crippen molar-refractivity contribution in [1.82, 2.24) is 5.32 Å². The number of carbonyl (C=O) groups excluding carboxylic acids is 1. The average molecular weight is 233 g/mol. The summed E-state index contributed by atoms with van der Waals surface area (Å²) >= 11 is 0. The number of hydrogen-bond donors (Lipinski definition) is 1. The molecule has 2 heteroatoms. The minimum absolute atomic E-state index is 0.0861. The van der Waals surface area contributed by atoms with Crippen LogP contribution in [-0.4, -0.2) is 5.91 Å². The van der Waals surface area contributed by atoms with Gasteiger partial charge in [-0.15, -0.1) is 0 Å². The summed E-state index contributed by atoms with van der Waals surface area (Å²) in [4.78, 5) is 11.9. The van der Waals surface area contributed by atoms with Crippen molar-refractivity contribution in [2.75, 3.05) is 0 Å². The second-order valence-electron chi connectivity index (χ2n) is 4.78. The molecule has 0 aliphatic rings. The lowest BCUT2D eigenvalue weighted by molar-refractivity contribution is -0.125. The molecule has 0 saturated carbocycles. The molecule has 0 fully saturated rings. The zero-order valence-electron chi connectivity index (χ0n) is 11.3. The van der Waals surface area contributed by atoms with Crippen LogP contribution in [0.15, 0.2) is 24.3 Å². The Kier molecular flexibility index (Phi) is 5.20. The maximum Gasteiger partial charge on any atom is 0.223 e. The molecule has 1 amide bonds. The topological polar surface area (TPSA) is 29.1 Å². The normalized spacial score (nSPS) is 14.1. The summed E-state index contributed by atoms with van der Waals surface area (Å²) in [6, 6.07) is 8.27. The molecule has 17 heavy (non-hydrogen) atoms. The Morgan fingerprint density at radius 3 is 2.53 bits per heavy atom.